The van der Waals surface area contributed by atoms with Gasteiger partial charge in [-0.05, 0) is 44.1 Å². The first kappa shape index (κ1) is 27.4. The van der Waals surface area contributed by atoms with Gasteiger partial charge in [-0.15, -0.1) is 0 Å². The smallest absolute Gasteiger partial charge is 0.312 e. The highest BCUT2D eigenvalue weighted by Gasteiger charge is 2.72. The van der Waals surface area contributed by atoms with Gasteiger partial charge in [0.2, 0.25) is 11.7 Å². The minimum Gasteiger partial charge on any atom is -0.493 e. The maximum absolute atomic E-state index is 12.8. The maximum atomic E-state index is 12.8. The van der Waals surface area contributed by atoms with Crippen molar-refractivity contribution in [3.8, 4) is 11.5 Å². The molecular formula is C28H36N2O9. The van der Waals surface area contributed by atoms with Gasteiger partial charge in [-0.3, -0.25) is 14.4 Å². The largest absolute Gasteiger partial charge is 0.493 e. The fourth-order valence-corrected chi connectivity index (χ4v) is 6.71. The van der Waals surface area contributed by atoms with Crippen LogP contribution in [0.1, 0.15) is 57.1 Å². The molecule has 1 fully saturated rings. The van der Waals surface area contributed by atoms with Gasteiger partial charge in [-0.1, -0.05) is 6.07 Å². The summed E-state index contributed by atoms with van der Waals surface area (Å²) in [7, 11) is 3.61. The van der Waals surface area contributed by atoms with Crippen LogP contribution in [-0.2, 0) is 35.7 Å². The molecule has 1 amide bonds. The average Bonchev–Trinajstić information content (AvgIpc) is 3.21. The quantitative estimate of drug-likeness (QED) is 0.305. The van der Waals surface area contributed by atoms with Crippen LogP contribution in [0.2, 0.25) is 0 Å². The molecule has 2 heterocycles. The lowest BCUT2D eigenvalue weighted by molar-refractivity contribution is -0.195. The Morgan fingerprint density at radius 1 is 1.21 bits per heavy atom. The number of carbonyl (C=O) groups excluding carboxylic acids is 3. The summed E-state index contributed by atoms with van der Waals surface area (Å²) in [5.74, 6) is -1.74. The molecule has 3 N–H and O–H groups in total. The number of ether oxygens (including phenoxy) is 4. The van der Waals surface area contributed by atoms with E-state index in [9.17, 15) is 24.6 Å². The lowest BCUT2D eigenvalue weighted by atomic mass is 9.50. The molecule has 212 valence electrons. The minimum absolute atomic E-state index is 0.0250. The van der Waals surface area contributed by atoms with Gasteiger partial charge < -0.3 is 39.4 Å². The molecule has 2 aliphatic carbocycles. The lowest BCUT2D eigenvalue weighted by Crippen LogP contribution is -2.74. The number of likely N-dealkylation sites (tertiary alicyclic amines) is 1. The highest BCUT2D eigenvalue weighted by molar-refractivity contribution is 5.82. The van der Waals surface area contributed by atoms with E-state index in [1.807, 2.05) is 19.2 Å². The van der Waals surface area contributed by atoms with Crippen LogP contribution in [0, 0.1) is 0 Å². The molecule has 4 aliphatic rings. The van der Waals surface area contributed by atoms with Crippen LogP contribution in [0.15, 0.2) is 24.0 Å². The molecule has 4 atom stereocenters. The molecule has 2 aliphatic heterocycles. The normalized spacial score (nSPS) is 28.5. The van der Waals surface area contributed by atoms with Crippen LogP contribution in [0.3, 0.4) is 0 Å². The topological polar surface area (TPSA) is 144 Å². The van der Waals surface area contributed by atoms with E-state index in [2.05, 4.69) is 10.2 Å². The van der Waals surface area contributed by atoms with E-state index in [0.29, 0.717) is 36.5 Å². The summed E-state index contributed by atoms with van der Waals surface area (Å²) in [6.45, 7) is 3.43. The first-order valence-electron chi connectivity index (χ1n) is 13.3. The Morgan fingerprint density at radius 3 is 2.69 bits per heavy atom. The number of nitrogens with one attached hydrogen (secondary N) is 1. The van der Waals surface area contributed by atoms with Crippen molar-refractivity contribution in [1.29, 1.82) is 0 Å². The molecule has 0 saturated carbocycles. The molecule has 0 aromatic heterocycles. The van der Waals surface area contributed by atoms with Gasteiger partial charge in [-0.25, -0.2) is 0 Å². The van der Waals surface area contributed by atoms with Gasteiger partial charge in [0.15, 0.2) is 17.6 Å². The van der Waals surface area contributed by atoms with Crippen LogP contribution in [-0.4, -0.2) is 83.7 Å². The van der Waals surface area contributed by atoms with E-state index in [4.69, 9.17) is 18.9 Å². The standard InChI is InChI=1S/C28H36N2O9/c1-26(2,34)39-22(33)8-7-20(31)29-13-10-21(32)37-18-9-11-28(35)19-15-16-5-6-17(36-4)24-23(16)27(28,25(18)38-24)12-14-30(19)3/h5-6,9,19,25,34-35H,7-8,10-15H2,1-4H3,(H,29,31)/t19-,25+,27+,28-/m0/s1. The number of amides is 1. The van der Waals surface area contributed by atoms with E-state index in [0.717, 1.165) is 17.7 Å². The molecule has 1 saturated heterocycles. The molecule has 11 nitrogen and oxygen atoms in total. The number of nitrogens with zero attached hydrogens (tertiary/aromatic N) is 1. The summed E-state index contributed by atoms with van der Waals surface area (Å²) in [6.07, 6.45) is 2.29. The molecule has 2 bridgehead atoms. The van der Waals surface area contributed by atoms with E-state index in [-0.39, 0.29) is 31.8 Å². The van der Waals surface area contributed by atoms with Crippen molar-refractivity contribution >= 4 is 17.8 Å². The number of likely N-dealkylation sites (N-methyl/N-ethyl adjacent to an activating group) is 1. The van der Waals surface area contributed by atoms with E-state index in [1.165, 1.54) is 13.8 Å². The zero-order chi connectivity index (χ0) is 28.2. The number of carbonyl (C=O) groups is 3. The van der Waals surface area contributed by atoms with Crippen LogP contribution in [0.5, 0.6) is 11.5 Å². The molecule has 11 heteroatoms. The number of piperidine rings is 1. The zero-order valence-corrected chi connectivity index (χ0v) is 22.7. The summed E-state index contributed by atoms with van der Waals surface area (Å²) < 4.78 is 22.6. The van der Waals surface area contributed by atoms with Gasteiger partial charge in [0.25, 0.3) is 0 Å². The van der Waals surface area contributed by atoms with Crippen molar-refractivity contribution in [3.63, 3.8) is 0 Å². The van der Waals surface area contributed by atoms with Crippen molar-refractivity contribution in [3.05, 3.63) is 35.1 Å². The first-order valence-corrected chi connectivity index (χ1v) is 13.3. The maximum Gasteiger partial charge on any atom is 0.312 e. The molecule has 0 radical (unpaired) electrons. The molecule has 1 aromatic rings. The van der Waals surface area contributed by atoms with Crippen LogP contribution in [0.4, 0.5) is 0 Å². The van der Waals surface area contributed by atoms with E-state index < -0.39 is 40.8 Å². The Kier molecular flexibility index (Phi) is 6.89. The Balaban J connectivity index is 1.26. The fraction of sp³-hybridized carbons (Fsp3) is 0.607. The predicted molar refractivity (Wildman–Crippen MR) is 137 cm³/mol. The second-order valence-corrected chi connectivity index (χ2v) is 11.3. The second-order valence-electron chi connectivity index (χ2n) is 11.3. The van der Waals surface area contributed by atoms with Crippen molar-refractivity contribution < 1.29 is 43.5 Å². The van der Waals surface area contributed by atoms with Crippen molar-refractivity contribution in [2.45, 2.75) is 81.3 Å². The molecular weight excluding hydrogens is 508 g/mol. The zero-order valence-electron chi connectivity index (χ0n) is 22.7. The third-order valence-electron chi connectivity index (χ3n) is 8.36. The predicted octanol–water partition coefficient (Wildman–Crippen LogP) is 1.07. The van der Waals surface area contributed by atoms with Gasteiger partial charge in [0.05, 0.1) is 31.0 Å². The summed E-state index contributed by atoms with van der Waals surface area (Å²) in [6, 6.07) is 3.81. The third-order valence-corrected chi connectivity index (χ3v) is 8.36. The van der Waals surface area contributed by atoms with Crippen molar-refractivity contribution in [1.82, 2.24) is 10.2 Å². The summed E-state index contributed by atoms with van der Waals surface area (Å²) in [5, 5.41) is 24.3. The lowest BCUT2D eigenvalue weighted by Gasteiger charge is -2.61. The van der Waals surface area contributed by atoms with Gasteiger partial charge in [-0.2, -0.15) is 0 Å². The number of methoxy groups -OCH3 is 1. The number of esters is 2. The summed E-state index contributed by atoms with van der Waals surface area (Å²) in [4.78, 5) is 38.7. The molecule has 39 heavy (non-hydrogen) atoms. The number of aliphatic hydroxyl groups is 2. The Hall–Kier alpha value is -3.15. The van der Waals surface area contributed by atoms with E-state index >= 15 is 0 Å². The van der Waals surface area contributed by atoms with Crippen molar-refractivity contribution in [2.75, 3.05) is 27.2 Å². The minimum atomic E-state index is -1.61. The van der Waals surface area contributed by atoms with Crippen LogP contribution >= 0.6 is 0 Å². The molecule has 0 unspecified atom stereocenters. The molecule has 1 aromatic carbocycles. The number of hydrogen-bond acceptors (Lipinski definition) is 10. The second kappa shape index (κ2) is 9.79. The van der Waals surface area contributed by atoms with Gasteiger partial charge in [0, 0.05) is 44.8 Å². The summed E-state index contributed by atoms with van der Waals surface area (Å²) >= 11 is 0. The highest BCUT2D eigenvalue weighted by Crippen LogP contribution is 2.65. The summed E-state index contributed by atoms with van der Waals surface area (Å²) in [5.41, 5.74) is 0.204. The first-order chi connectivity index (χ1) is 18.4. The van der Waals surface area contributed by atoms with Crippen molar-refractivity contribution in [2.24, 2.45) is 0 Å². The number of hydrogen-bond donors (Lipinski definition) is 3. The Labute approximate surface area is 227 Å². The monoisotopic (exact) mass is 544 g/mol. The average molecular weight is 545 g/mol. The van der Waals surface area contributed by atoms with E-state index in [1.54, 1.807) is 13.2 Å². The Bertz CT molecular complexity index is 1220. The third kappa shape index (κ3) is 4.56. The van der Waals surface area contributed by atoms with Crippen LogP contribution < -0.4 is 14.8 Å². The van der Waals surface area contributed by atoms with Gasteiger partial charge >= 0.3 is 11.9 Å². The number of rotatable bonds is 9. The number of benzene rings is 1. The SMILES string of the molecule is COc1ccc2c3c1O[C@@H]1C(OC(=O)CCNC(=O)CCC(=O)OC(C)(C)O)=CC[C@]4(O)[C@H](C2)N(C)CC[C@@]314. The highest BCUT2D eigenvalue weighted by atomic mass is 16.7. The fourth-order valence-electron chi connectivity index (χ4n) is 6.71. The van der Waals surface area contributed by atoms with Crippen LogP contribution in [0.25, 0.3) is 0 Å². The Morgan fingerprint density at radius 2 is 1.97 bits per heavy atom. The molecule has 5 rings (SSSR count). The van der Waals surface area contributed by atoms with Gasteiger partial charge in [0.1, 0.15) is 5.76 Å². The molecule has 1 spiro atoms.